The van der Waals surface area contributed by atoms with Crippen LogP contribution in [0.3, 0.4) is 0 Å². The molecule has 2 heteroatoms. The lowest BCUT2D eigenvalue weighted by atomic mass is 9.95. The summed E-state index contributed by atoms with van der Waals surface area (Å²) in [4.78, 5) is 11.1. The summed E-state index contributed by atoms with van der Waals surface area (Å²) in [5, 5.41) is 0. The van der Waals surface area contributed by atoms with Crippen LogP contribution in [0.25, 0.3) is 0 Å². The maximum atomic E-state index is 11.1. The van der Waals surface area contributed by atoms with Crippen molar-refractivity contribution in [2.75, 3.05) is 7.11 Å². The molecule has 0 aromatic heterocycles. The Bertz CT molecular complexity index is 251. The number of carbonyl (C=O) groups is 1. The molecule has 2 nitrogen and oxygen atoms in total. The first kappa shape index (κ1) is 11.0. The molecule has 0 radical (unpaired) electrons. The Morgan fingerprint density at radius 2 is 2.36 bits per heavy atom. The summed E-state index contributed by atoms with van der Waals surface area (Å²) >= 11 is 0. The fraction of sp³-hybridized carbons (Fsp3) is 0.583. The van der Waals surface area contributed by atoms with Crippen LogP contribution in [0.5, 0.6) is 0 Å². The SMILES string of the molecule is C=C(CCCC1=CC(=O)CCC1)OC. The molecule has 14 heavy (non-hydrogen) atoms. The molecular formula is C12H18O2. The van der Waals surface area contributed by atoms with Crippen molar-refractivity contribution in [1.82, 2.24) is 0 Å². The van der Waals surface area contributed by atoms with E-state index in [1.165, 1.54) is 5.57 Å². The lowest BCUT2D eigenvalue weighted by Gasteiger charge is -2.11. The molecule has 0 saturated heterocycles. The molecule has 0 aromatic rings. The van der Waals surface area contributed by atoms with Gasteiger partial charge in [-0.05, 0) is 31.8 Å². The van der Waals surface area contributed by atoms with Gasteiger partial charge < -0.3 is 4.74 Å². The second kappa shape index (κ2) is 5.63. The van der Waals surface area contributed by atoms with Gasteiger partial charge in [0.15, 0.2) is 5.78 Å². The van der Waals surface area contributed by atoms with Crippen LogP contribution in [0.1, 0.15) is 38.5 Å². The maximum absolute atomic E-state index is 11.1. The number of ketones is 1. The Hall–Kier alpha value is -1.05. The van der Waals surface area contributed by atoms with Crippen molar-refractivity contribution in [3.05, 3.63) is 24.0 Å². The third-order valence-corrected chi connectivity index (χ3v) is 2.53. The molecule has 0 N–H and O–H groups in total. The minimum Gasteiger partial charge on any atom is -0.502 e. The quantitative estimate of drug-likeness (QED) is 0.629. The average molecular weight is 194 g/mol. The van der Waals surface area contributed by atoms with E-state index in [0.29, 0.717) is 0 Å². The Morgan fingerprint density at radius 1 is 1.57 bits per heavy atom. The van der Waals surface area contributed by atoms with Gasteiger partial charge in [-0.1, -0.05) is 12.2 Å². The van der Waals surface area contributed by atoms with Crippen molar-refractivity contribution in [2.24, 2.45) is 0 Å². The normalized spacial score (nSPS) is 16.4. The number of ether oxygens (including phenoxy) is 1. The van der Waals surface area contributed by atoms with Gasteiger partial charge in [-0.15, -0.1) is 0 Å². The second-order valence-electron chi connectivity index (χ2n) is 3.72. The Kier molecular flexibility index (Phi) is 4.44. The third-order valence-electron chi connectivity index (χ3n) is 2.53. The van der Waals surface area contributed by atoms with Crippen molar-refractivity contribution in [1.29, 1.82) is 0 Å². The number of allylic oxidation sites excluding steroid dienone is 3. The zero-order chi connectivity index (χ0) is 10.4. The monoisotopic (exact) mass is 194 g/mol. The summed E-state index contributed by atoms with van der Waals surface area (Å²) in [6.07, 6.45) is 7.59. The van der Waals surface area contributed by atoms with E-state index in [-0.39, 0.29) is 5.78 Å². The van der Waals surface area contributed by atoms with Gasteiger partial charge in [0, 0.05) is 12.8 Å². The van der Waals surface area contributed by atoms with E-state index >= 15 is 0 Å². The van der Waals surface area contributed by atoms with Crippen LogP contribution in [0, 0.1) is 0 Å². The van der Waals surface area contributed by atoms with Crippen LogP contribution < -0.4 is 0 Å². The number of methoxy groups -OCH3 is 1. The lowest BCUT2D eigenvalue weighted by molar-refractivity contribution is -0.115. The third kappa shape index (κ3) is 3.77. The number of hydrogen-bond acceptors (Lipinski definition) is 2. The highest BCUT2D eigenvalue weighted by Gasteiger charge is 2.09. The minimum absolute atomic E-state index is 0.289. The van der Waals surface area contributed by atoms with E-state index in [1.54, 1.807) is 7.11 Å². The van der Waals surface area contributed by atoms with Gasteiger partial charge in [0.25, 0.3) is 0 Å². The van der Waals surface area contributed by atoms with Gasteiger partial charge in [0.05, 0.1) is 12.9 Å². The molecule has 0 heterocycles. The topological polar surface area (TPSA) is 26.3 Å². The Morgan fingerprint density at radius 3 is 3.00 bits per heavy atom. The van der Waals surface area contributed by atoms with Crippen molar-refractivity contribution in [3.63, 3.8) is 0 Å². The first-order chi connectivity index (χ1) is 6.72. The van der Waals surface area contributed by atoms with Gasteiger partial charge in [-0.25, -0.2) is 0 Å². The molecule has 0 bridgehead atoms. The van der Waals surface area contributed by atoms with Gasteiger partial charge in [0.2, 0.25) is 0 Å². The van der Waals surface area contributed by atoms with E-state index in [0.717, 1.165) is 44.3 Å². The molecule has 0 unspecified atom stereocenters. The number of rotatable bonds is 5. The molecule has 0 aromatic carbocycles. The highest BCUT2D eigenvalue weighted by Crippen LogP contribution is 2.21. The van der Waals surface area contributed by atoms with Gasteiger partial charge in [-0.2, -0.15) is 0 Å². The molecule has 1 aliphatic carbocycles. The highest BCUT2D eigenvalue weighted by atomic mass is 16.5. The molecule has 78 valence electrons. The molecule has 1 rings (SSSR count). The molecule has 0 aliphatic heterocycles. The molecule has 0 fully saturated rings. The van der Waals surface area contributed by atoms with E-state index in [1.807, 2.05) is 6.08 Å². The number of hydrogen-bond donors (Lipinski definition) is 0. The Labute approximate surface area is 85.6 Å². The zero-order valence-electron chi connectivity index (χ0n) is 8.84. The van der Waals surface area contributed by atoms with E-state index in [2.05, 4.69) is 6.58 Å². The first-order valence-electron chi connectivity index (χ1n) is 5.16. The van der Waals surface area contributed by atoms with Crippen molar-refractivity contribution in [3.8, 4) is 0 Å². The minimum atomic E-state index is 0.289. The van der Waals surface area contributed by atoms with Crippen LogP contribution >= 0.6 is 0 Å². The summed E-state index contributed by atoms with van der Waals surface area (Å²) in [5.41, 5.74) is 1.30. The Balaban J connectivity index is 2.24. The predicted molar refractivity (Wildman–Crippen MR) is 56.9 cm³/mol. The number of carbonyl (C=O) groups excluding carboxylic acids is 1. The standard InChI is InChI=1S/C12H18O2/c1-10(14-2)5-3-6-11-7-4-8-12(13)9-11/h9H,1,3-8H2,2H3. The van der Waals surface area contributed by atoms with E-state index < -0.39 is 0 Å². The van der Waals surface area contributed by atoms with Crippen molar-refractivity contribution in [2.45, 2.75) is 38.5 Å². The fourth-order valence-corrected chi connectivity index (χ4v) is 1.67. The average Bonchev–Trinajstić information content (AvgIpc) is 2.17. The van der Waals surface area contributed by atoms with Crippen molar-refractivity contribution >= 4 is 5.78 Å². The van der Waals surface area contributed by atoms with Crippen LogP contribution in [-0.4, -0.2) is 12.9 Å². The summed E-state index contributed by atoms with van der Waals surface area (Å²) in [6.45, 7) is 3.76. The molecule has 0 spiro atoms. The molecule has 0 amide bonds. The van der Waals surface area contributed by atoms with Crippen LogP contribution in [0.2, 0.25) is 0 Å². The van der Waals surface area contributed by atoms with E-state index in [4.69, 9.17) is 4.74 Å². The molecule has 0 saturated carbocycles. The van der Waals surface area contributed by atoms with Gasteiger partial charge in [0.1, 0.15) is 0 Å². The first-order valence-corrected chi connectivity index (χ1v) is 5.16. The highest BCUT2D eigenvalue weighted by molar-refractivity contribution is 5.91. The largest absolute Gasteiger partial charge is 0.502 e. The summed E-state index contributed by atoms with van der Waals surface area (Å²) in [7, 11) is 1.64. The molecule has 0 atom stereocenters. The van der Waals surface area contributed by atoms with Crippen LogP contribution in [0.4, 0.5) is 0 Å². The molecular weight excluding hydrogens is 176 g/mol. The fourth-order valence-electron chi connectivity index (χ4n) is 1.67. The molecule has 1 aliphatic rings. The van der Waals surface area contributed by atoms with Crippen LogP contribution in [0.15, 0.2) is 24.0 Å². The van der Waals surface area contributed by atoms with Gasteiger partial charge in [-0.3, -0.25) is 4.79 Å². The second-order valence-corrected chi connectivity index (χ2v) is 3.72. The predicted octanol–water partition coefficient (Wildman–Crippen LogP) is 3.00. The van der Waals surface area contributed by atoms with E-state index in [9.17, 15) is 4.79 Å². The summed E-state index contributed by atoms with van der Waals surface area (Å²) < 4.78 is 4.98. The summed E-state index contributed by atoms with van der Waals surface area (Å²) in [5.74, 6) is 1.12. The zero-order valence-corrected chi connectivity index (χ0v) is 8.84. The smallest absolute Gasteiger partial charge is 0.155 e. The maximum Gasteiger partial charge on any atom is 0.155 e. The summed E-state index contributed by atoms with van der Waals surface area (Å²) in [6, 6.07) is 0. The van der Waals surface area contributed by atoms with Gasteiger partial charge >= 0.3 is 0 Å². The van der Waals surface area contributed by atoms with Crippen LogP contribution in [-0.2, 0) is 9.53 Å². The van der Waals surface area contributed by atoms with Crippen molar-refractivity contribution < 1.29 is 9.53 Å². The lowest BCUT2D eigenvalue weighted by Crippen LogP contribution is -2.02.